The van der Waals surface area contributed by atoms with E-state index in [1.54, 1.807) is 29.0 Å². The number of aromatic nitrogens is 1. The molecule has 194 valence electrons. The Hall–Kier alpha value is -3.98. The Morgan fingerprint density at radius 3 is 2.62 bits per heavy atom. The molecule has 1 aliphatic rings. The highest BCUT2D eigenvalue weighted by atomic mass is 19.1. The number of carbonyl (C=O) groups excluding carboxylic acids is 2. The number of halogens is 1. The molecule has 0 unspecified atom stereocenters. The van der Waals surface area contributed by atoms with Crippen LogP contribution >= 0.6 is 0 Å². The number of morpholine rings is 1. The lowest BCUT2D eigenvalue weighted by molar-refractivity contribution is -0.152. The third-order valence-electron chi connectivity index (χ3n) is 6.20. The molecule has 0 bridgehead atoms. The van der Waals surface area contributed by atoms with Gasteiger partial charge >= 0.3 is 0 Å². The predicted molar refractivity (Wildman–Crippen MR) is 135 cm³/mol. The monoisotopic (exact) mass is 507 g/mol. The van der Waals surface area contributed by atoms with E-state index in [-0.39, 0.29) is 43.8 Å². The number of hydrogen-bond donors (Lipinski definition) is 0. The molecule has 2 heterocycles. The lowest BCUT2D eigenvalue weighted by atomic mass is 9.96. The molecule has 0 saturated carbocycles. The molecule has 37 heavy (non-hydrogen) atoms. The van der Waals surface area contributed by atoms with Crippen molar-refractivity contribution in [2.75, 3.05) is 40.5 Å². The van der Waals surface area contributed by atoms with Crippen LogP contribution in [0.3, 0.4) is 0 Å². The molecule has 4 rings (SSSR count). The Bertz CT molecular complexity index is 1210. The Morgan fingerprint density at radius 2 is 1.89 bits per heavy atom. The first-order valence-electron chi connectivity index (χ1n) is 12.0. The minimum absolute atomic E-state index is 0.000967. The first-order valence-corrected chi connectivity index (χ1v) is 12.0. The quantitative estimate of drug-likeness (QED) is 0.441. The molecule has 1 saturated heterocycles. The summed E-state index contributed by atoms with van der Waals surface area (Å²) >= 11 is 0. The lowest BCUT2D eigenvalue weighted by Gasteiger charge is -2.42. The summed E-state index contributed by atoms with van der Waals surface area (Å²) in [7, 11) is 3.22. The number of carbonyl (C=O) groups is 2. The summed E-state index contributed by atoms with van der Waals surface area (Å²) in [6.45, 7) is 1.18. The van der Waals surface area contributed by atoms with Crippen LogP contribution in [-0.2, 0) is 16.1 Å². The molecule has 0 spiro atoms. The number of nitrogens with zero attached hydrogens (tertiary/aromatic N) is 3. The molecule has 2 aromatic carbocycles. The molecule has 2 amide bonds. The van der Waals surface area contributed by atoms with Crippen LogP contribution in [0.1, 0.15) is 22.3 Å². The minimum atomic E-state index is -1.10. The van der Waals surface area contributed by atoms with Gasteiger partial charge in [-0.05, 0) is 35.9 Å². The second-order valence-corrected chi connectivity index (χ2v) is 9.00. The zero-order valence-electron chi connectivity index (χ0n) is 20.9. The predicted octanol–water partition coefficient (Wildman–Crippen LogP) is 3.57. The van der Waals surface area contributed by atoms with Gasteiger partial charge in [0.1, 0.15) is 23.8 Å². The van der Waals surface area contributed by atoms with E-state index in [0.717, 1.165) is 5.56 Å². The first-order chi connectivity index (χ1) is 17.9. The Balaban J connectivity index is 1.53. The highest BCUT2D eigenvalue weighted by Gasteiger charge is 2.42. The molecule has 3 aromatic rings. The highest BCUT2D eigenvalue weighted by molar-refractivity contribution is 5.94. The number of hydrogen-bond acceptors (Lipinski definition) is 6. The molecule has 8 nitrogen and oxygen atoms in total. The summed E-state index contributed by atoms with van der Waals surface area (Å²) in [5.74, 6) is 0.0319. The first kappa shape index (κ1) is 26.1. The van der Waals surface area contributed by atoms with E-state index in [1.165, 1.54) is 37.6 Å². The fraction of sp³-hybridized carbons (Fsp3) is 0.321. The average Bonchev–Trinajstić information content (AvgIpc) is 2.93. The van der Waals surface area contributed by atoms with Crippen molar-refractivity contribution in [1.29, 1.82) is 0 Å². The molecule has 1 atom stereocenters. The van der Waals surface area contributed by atoms with E-state index in [0.29, 0.717) is 30.3 Å². The van der Waals surface area contributed by atoms with Crippen LogP contribution in [0.25, 0.3) is 0 Å². The van der Waals surface area contributed by atoms with Crippen LogP contribution in [0.15, 0.2) is 72.9 Å². The zero-order chi connectivity index (χ0) is 26.3. The van der Waals surface area contributed by atoms with Crippen LogP contribution in [0.5, 0.6) is 11.6 Å². The number of pyridine rings is 1. The molecule has 0 N–H and O–H groups in total. The van der Waals surface area contributed by atoms with Gasteiger partial charge in [-0.1, -0.05) is 30.3 Å². The van der Waals surface area contributed by atoms with E-state index < -0.39 is 5.60 Å². The molecular formula is C28H30FN3O5. The third-order valence-corrected chi connectivity index (χ3v) is 6.20. The van der Waals surface area contributed by atoms with Crippen molar-refractivity contribution >= 4 is 11.8 Å². The molecule has 1 fully saturated rings. The van der Waals surface area contributed by atoms with Gasteiger partial charge in [0.05, 0.1) is 26.7 Å². The molecule has 1 aromatic heterocycles. The lowest BCUT2D eigenvalue weighted by Crippen LogP contribution is -2.58. The van der Waals surface area contributed by atoms with Crippen molar-refractivity contribution in [1.82, 2.24) is 14.8 Å². The van der Waals surface area contributed by atoms with Crippen molar-refractivity contribution in [3.63, 3.8) is 0 Å². The SMILES string of the molecule is COc1cc(C(=O)N2CCO[C@@](COc3ccc(F)cc3)(CC(=O)N(C)Cc3ccccc3)C2)ccn1. The van der Waals surface area contributed by atoms with Crippen LogP contribution < -0.4 is 9.47 Å². The molecule has 0 radical (unpaired) electrons. The maximum absolute atomic E-state index is 13.4. The zero-order valence-corrected chi connectivity index (χ0v) is 20.9. The van der Waals surface area contributed by atoms with Crippen LogP contribution in [0.4, 0.5) is 4.39 Å². The van der Waals surface area contributed by atoms with Gasteiger partial charge in [0.15, 0.2) is 0 Å². The van der Waals surface area contributed by atoms with Crippen molar-refractivity contribution in [2.45, 2.75) is 18.6 Å². The summed E-state index contributed by atoms with van der Waals surface area (Å²) in [6.07, 6.45) is 1.51. The second-order valence-electron chi connectivity index (χ2n) is 9.00. The number of ether oxygens (including phenoxy) is 3. The van der Waals surface area contributed by atoms with E-state index in [2.05, 4.69) is 4.98 Å². The Morgan fingerprint density at radius 1 is 1.14 bits per heavy atom. The topological polar surface area (TPSA) is 81.2 Å². The van der Waals surface area contributed by atoms with Gasteiger partial charge < -0.3 is 24.0 Å². The number of amides is 2. The standard InChI is InChI=1S/C28H30FN3O5/c1-31(18-21-6-4-3-5-7-21)26(33)17-28(20-36-24-10-8-23(29)9-11-24)19-32(14-15-37-28)27(34)22-12-13-30-25(16-22)35-2/h3-13,16H,14-15,17-20H2,1-2H3/t28-/m0/s1. The van der Waals surface area contributed by atoms with Gasteiger partial charge in [0.25, 0.3) is 5.91 Å². The number of methoxy groups -OCH3 is 1. The number of rotatable bonds is 9. The van der Waals surface area contributed by atoms with Gasteiger partial charge in [-0.2, -0.15) is 0 Å². The van der Waals surface area contributed by atoms with E-state index in [4.69, 9.17) is 14.2 Å². The maximum atomic E-state index is 13.4. The van der Waals surface area contributed by atoms with Gasteiger partial charge in [-0.3, -0.25) is 9.59 Å². The second kappa shape index (κ2) is 11.8. The van der Waals surface area contributed by atoms with Crippen molar-refractivity contribution in [3.8, 4) is 11.6 Å². The average molecular weight is 508 g/mol. The van der Waals surface area contributed by atoms with Crippen molar-refractivity contribution < 1.29 is 28.2 Å². The van der Waals surface area contributed by atoms with Gasteiger partial charge in [-0.25, -0.2) is 9.37 Å². The minimum Gasteiger partial charge on any atom is -0.490 e. The summed E-state index contributed by atoms with van der Waals surface area (Å²) in [6, 6.07) is 18.5. The molecule has 1 aliphatic heterocycles. The summed E-state index contributed by atoms with van der Waals surface area (Å²) in [5.41, 5.74) is 0.333. The van der Waals surface area contributed by atoms with Crippen molar-refractivity contribution in [3.05, 3.63) is 89.9 Å². The normalized spacial score (nSPS) is 17.2. The van der Waals surface area contributed by atoms with Crippen molar-refractivity contribution in [2.24, 2.45) is 0 Å². The fourth-order valence-electron chi connectivity index (χ4n) is 4.20. The molecular weight excluding hydrogens is 477 g/mol. The van der Waals surface area contributed by atoms with Crippen LogP contribution in [0, 0.1) is 5.82 Å². The summed E-state index contributed by atoms with van der Waals surface area (Å²) in [4.78, 5) is 34.0. The third kappa shape index (κ3) is 6.83. The summed E-state index contributed by atoms with van der Waals surface area (Å²) in [5, 5.41) is 0. The van der Waals surface area contributed by atoms with Crippen LogP contribution in [-0.4, -0.2) is 72.7 Å². The van der Waals surface area contributed by atoms with Gasteiger partial charge in [0, 0.05) is 38.0 Å². The molecule has 9 heteroatoms. The van der Waals surface area contributed by atoms with E-state index in [9.17, 15) is 14.0 Å². The van der Waals surface area contributed by atoms with Crippen LogP contribution in [0.2, 0.25) is 0 Å². The maximum Gasteiger partial charge on any atom is 0.254 e. The largest absolute Gasteiger partial charge is 0.490 e. The summed E-state index contributed by atoms with van der Waals surface area (Å²) < 4.78 is 30.6. The Labute approximate surface area is 215 Å². The van der Waals surface area contributed by atoms with E-state index >= 15 is 0 Å². The van der Waals surface area contributed by atoms with Gasteiger partial charge in [-0.15, -0.1) is 0 Å². The Kier molecular flexibility index (Phi) is 8.35. The number of benzene rings is 2. The smallest absolute Gasteiger partial charge is 0.254 e. The van der Waals surface area contributed by atoms with Gasteiger partial charge in [0.2, 0.25) is 11.8 Å². The molecule has 0 aliphatic carbocycles. The fourth-order valence-corrected chi connectivity index (χ4v) is 4.20. The van der Waals surface area contributed by atoms with E-state index in [1.807, 2.05) is 30.3 Å². The highest BCUT2D eigenvalue weighted by Crippen LogP contribution is 2.27.